The van der Waals surface area contributed by atoms with Crippen LogP contribution in [0.5, 0.6) is 12.0 Å². The Kier molecular flexibility index (Phi) is 10.9. The lowest BCUT2D eigenvalue weighted by Crippen LogP contribution is -2.56. The molecule has 0 aliphatic carbocycles. The van der Waals surface area contributed by atoms with Crippen molar-refractivity contribution in [1.82, 2.24) is 15.0 Å². The number of rotatable bonds is 16. The molecule has 14 heteroatoms. The Hall–Kier alpha value is -4.43. The third-order valence-electron chi connectivity index (χ3n) is 8.57. The summed E-state index contributed by atoms with van der Waals surface area (Å²) in [4.78, 5) is 35.3. The Balaban J connectivity index is 1.86. The van der Waals surface area contributed by atoms with E-state index < -0.39 is 12.5 Å². The van der Waals surface area contributed by atoms with Gasteiger partial charge in [-0.05, 0) is 39.8 Å². The van der Waals surface area contributed by atoms with E-state index in [0.717, 1.165) is 0 Å². The third kappa shape index (κ3) is 7.51. The fourth-order valence-corrected chi connectivity index (χ4v) is 5.49. The lowest BCUT2D eigenvalue weighted by Gasteiger charge is -2.41. The summed E-state index contributed by atoms with van der Waals surface area (Å²) in [5.41, 5.74) is 7.35. The fourth-order valence-electron chi connectivity index (χ4n) is 5.49. The molecule has 0 fully saturated rings. The highest BCUT2D eigenvalue weighted by Gasteiger charge is 2.37. The maximum absolute atomic E-state index is 11.7. The molecule has 0 aliphatic rings. The molecule has 3 rings (SSSR count). The van der Waals surface area contributed by atoms with E-state index in [9.17, 15) is 20.2 Å². The molecule has 0 radical (unpaired) electrons. The Morgan fingerprint density at radius 1 is 0.698 bits per heavy atom. The predicted molar refractivity (Wildman–Crippen MR) is 161 cm³/mol. The lowest BCUT2D eigenvalue weighted by molar-refractivity contribution is -0.975. The molecule has 0 amide bonds. The third-order valence-corrected chi connectivity index (χ3v) is 8.57. The number of hydrogen-bond acceptors (Lipinski definition) is 10. The Morgan fingerprint density at radius 3 is 1.37 bits per heavy atom. The van der Waals surface area contributed by atoms with Crippen molar-refractivity contribution in [3.63, 3.8) is 0 Å². The van der Waals surface area contributed by atoms with Gasteiger partial charge in [0.1, 0.15) is 13.1 Å². The predicted octanol–water partition coefficient (Wildman–Crippen LogP) is 4.83. The van der Waals surface area contributed by atoms with Gasteiger partial charge in [0.25, 0.3) is 11.4 Å². The lowest BCUT2D eigenvalue weighted by atomic mass is 10.1. The molecule has 232 valence electrons. The van der Waals surface area contributed by atoms with Crippen LogP contribution in [0.3, 0.4) is 0 Å². The maximum Gasteiger partial charge on any atom is 0.328 e. The van der Waals surface area contributed by atoms with Gasteiger partial charge in [0.2, 0.25) is 18.4 Å². The molecule has 0 aliphatic heterocycles. The smallest absolute Gasteiger partial charge is 0.328 e. The van der Waals surface area contributed by atoms with Gasteiger partial charge >= 0.3 is 12.0 Å². The zero-order chi connectivity index (χ0) is 31.8. The van der Waals surface area contributed by atoms with E-state index >= 15 is 0 Å². The average molecular weight is 599 g/mol. The average Bonchev–Trinajstić information content (AvgIpc) is 2.98. The second-order valence-electron chi connectivity index (χ2n) is 10.5. The first-order valence-electron chi connectivity index (χ1n) is 14.4. The van der Waals surface area contributed by atoms with Gasteiger partial charge in [0, 0.05) is 26.0 Å². The van der Waals surface area contributed by atoms with E-state index in [1.54, 1.807) is 36.4 Å². The molecule has 14 nitrogen and oxygen atoms in total. The highest BCUT2D eigenvalue weighted by Crippen LogP contribution is 2.29. The largest absolute Gasteiger partial charge is 0.410 e. The van der Waals surface area contributed by atoms with E-state index in [-0.39, 0.29) is 39.2 Å². The molecule has 0 spiro atoms. The van der Waals surface area contributed by atoms with Crippen LogP contribution in [0.1, 0.15) is 52.7 Å². The molecule has 1 heterocycles. The van der Waals surface area contributed by atoms with E-state index in [1.165, 1.54) is 12.1 Å². The van der Waals surface area contributed by atoms with Gasteiger partial charge in [-0.1, -0.05) is 24.3 Å². The van der Waals surface area contributed by atoms with E-state index in [2.05, 4.69) is 15.0 Å². The standard InChI is InChI=1S/C29H42N8O6/c1-7-36(8-2,19-23-15-11-13-17-25(23)34(38)39)21(5)42-28-31-27(30)32-29(33-28)43-22(6)37(9-3,10-4)20-24-16-12-14-18-26(24)35(40)41/h11-18,21-22H,7-10,19-20H2,1-6H3,(H2,30,31,32,33)/q+2/t21-,22-/m0/s1. The number of hydrogen-bond donors (Lipinski definition) is 1. The Bertz CT molecular complexity index is 1310. The molecule has 0 saturated heterocycles. The van der Waals surface area contributed by atoms with E-state index in [4.69, 9.17) is 15.2 Å². The summed E-state index contributed by atoms with van der Waals surface area (Å²) in [6.45, 7) is 15.0. The molecule has 2 atom stereocenters. The van der Waals surface area contributed by atoms with Crippen molar-refractivity contribution in [3.05, 3.63) is 79.9 Å². The number of para-hydroxylation sites is 2. The molecular formula is C29H42N8O6+2. The minimum atomic E-state index is -0.498. The fraction of sp³-hybridized carbons (Fsp3) is 0.483. The van der Waals surface area contributed by atoms with Crippen molar-refractivity contribution >= 4 is 17.3 Å². The summed E-state index contributed by atoms with van der Waals surface area (Å²) in [5.74, 6) is -0.0889. The van der Waals surface area contributed by atoms with Crippen molar-refractivity contribution in [1.29, 1.82) is 0 Å². The maximum atomic E-state index is 11.7. The van der Waals surface area contributed by atoms with Gasteiger partial charge < -0.3 is 15.2 Å². The van der Waals surface area contributed by atoms with Crippen molar-refractivity contribution in [2.24, 2.45) is 0 Å². The number of benzene rings is 2. The normalized spacial score (nSPS) is 13.3. The summed E-state index contributed by atoms with van der Waals surface area (Å²) < 4.78 is 13.2. The number of nitro groups is 2. The monoisotopic (exact) mass is 598 g/mol. The first kappa shape index (κ1) is 33.1. The van der Waals surface area contributed by atoms with Crippen molar-refractivity contribution < 1.29 is 28.3 Å². The number of nitrogens with two attached hydrogens (primary N) is 1. The van der Waals surface area contributed by atoms with Crippen LogP contribution in [0.15, 0.2) is 48.5 Å². The van der Waals surface area contributed by atoms with Crippen LogP contribution in [-0.2, 0) is 13.1 Å². The number of quaternary nitrogens is 2. The van der Waals surface area contributed by atoms with Crippen molar-refractivity contribution in [2.75, 3.05) is 31.9 Å². The van der Waals surface area contributed by atoms with Crippen LogP contribution in [0.4, 0.5) is 17.3 Å². The minimum absolute atomic E-state index is 0.0287. The van der Waals surface area contributed by atoms with Crippen LogP contribution >= 0.6 is 0 Å². The summed E-state index contributed by atoms with van der Waals surface area (Å²) >= 11 is 0. The van der Waals surface area contributed by atoms with Gasteiger partial charge in [-0.3, -0.25) is 29.2 Å². The SMILES string of the molecule is CC[N+](CC)(Cc1ccccc1[N+](=O)[O-])[C@H](C)Oc1nc(N)nc(O[C@@H](C)[N+](CC)(CC)Cc2ccccc2[N+](=O)[O-])n1. The molecule has 0 unspecified atom stereocenters. The molecule has 0 bridgehead atoms. The first-order valence-corrected chi connectivity index (χ1v) is 14.4. The highest BCUT2D eigenvalue weighted by molar-refractivity contribution is 5.40. The van der Waals surface area contributed by atoms with Gasteiger partial charge in [0.05, 0.1) is 47.2 Å². The van der Waals surface area contributed by atoms with Gasteiger partial charge in [-0.25, -0.2) is 0 Å². The summed E-state index contributed by atoms with van der Waals surface area (Å²) in [6.07, 6.45) is -0.997. The van der Waals surface area contributed by atoms with Crippen LogP contribution < -0.4 is 15.2 Å². The van der Waals surface area contributed by atoms with E-state index in [1.807, 2.05) is 41.5 Å². The number of nitrogens with zero attached hydrogens (tertiary/aromatic N) is 7. The minimum Gasteiger partial charge on any atom is -0.410 e. The van der Waals surface area contributed by atoms with Gasteiger partial charge in [-0.15, -0.1) is 4.98 Å². The summed E-state index contributed by atoms with van der Waals surface area (Å²) in [5, 5.41) is 23.3. The first-order chi connectivity index (χ1) is 20.4. The molecule has 2 N–H and O–H groups in total. The van der Waals surface area contributed by atoms with Crippen LogP contribution in [0.2, 0.25) is 0 Å². The molecule has 1 aromatic heterocycles. The summed E-state index contributed by atoms with van der Waals surface area (Å²) in [7, 11) is 0. The molecule has 3 aromatic rings. The Labute approximate surface area is 251 Å². The molecule has 2 aromatic carbocycles. The van der Waals surface area contributed by atoms with Crippen LogP contribution in [0, 0.1) is 20.2 Å². The number of anilines is 1. The van der Waals surface area contributed by atoms with Crippen molar-refractivity contribution in [3.8, 4) is 12.0 Å². The Morgan fingerprint density at radius 2 is 1.05 bits per heavy atom. The van der Waals surface area contributed by atoms with Gasteiger partial charge in [-0.2, -0.15) is 9.97 Å². The van der Waals surface area contributed by atoms with Crippen LogP contribution in [0.25, 0.3) is 0 Å². The molecule has 0 saturated carbocycles. The molecule has 43 heavy (non-hydrogen) atoms. The second kappa shape index (κ2) is 14.2. The zero-order valence-electron chi connectivity index (χ0n) is 25.7. The van der Waals surface area contributed by atoms with Crippen LogP contribution in [-0.4, -0.2) is 72.4 Å². The summed E-state index contributed by atoms with van der Waals surface area (Å²) in [6, 6.07) is 13.3. The van der Waals surface area contributed by atoms with Gasteiger partial charge in [0.15, 0.2) is 0 Å². The second-order valence-corrected chi connectivity index (χ2v) is 10.5. The quantitative estimate of drug-likeness (QED) is 0.104. The number of nitrogen functional groups attached to an aromatic ring is 1. The zero-order valence-corrected chi connectivity index (χ0v) is 25.7. The number of nitro benzene ring substituents is 2. The van der Waals surface area contributed by atoms with Crippen molar-refractivity contribution in [2.45, 2.75) is 67.1 Å². The van der Waals surface area contributed by atoms with E-state index in [0.29, 0.717) is 59.4 Å². The highest BCUT2D eigenvalue weighted by atomic mass is 16.6. The number of aromatic nitrogens is 3. The molecular weight excluding hydrogens is 556 g/mol. The topological polar surface area (TPSA) is 169 Å². The number of ether oxygens (including phenoxy) is 2.